The van der Waals surface area contributed by atoms with Gasteiger partial charge in [-0.1, -0.05) is 54.6 Å². The summed E-state index contributed by atoms with van der Waals surface area (Å²) in [7, 11) is 0. The highest BCUT2D eigenvalue weighted by molar-refractivity contribution is 6.21. The molecule has 0 bridgehead atoms. The Bertz CT molecular complexity index is 911. The lowest BCUT2D eigenvalue weighted by Crippen LogP contribution is -2.55. The van der Waals surface area contributed by atoms with Gasteiger partial charge in [0.05, 0.1) is 11.1 Å². The lowest BCUT2D eigenvalue weighted by atomic mass is 10.1. The minimum absolute atomic E-state index is 0.0777. The second kappa shape index (κ2) is 7.28. The van der Waals surface area contributed by atoms with Crippen LogP contribution in [0.5, 0.6) is 0 Å². The summed E-state index contributed by atoms with van der Waals surface area (Å²) in [6.07, 6.45) is 3.36. The van der Waals surface area contributed by atoms with Gasteiger partial charge in [-0.3, -0.25) is 9.59 Å². The van der Waals surface area contributed by atoms with E-state index in [1.54, 1.807) is 36.4 Å². The molecule has 0 saturated heterocycles. The van der Waals surface area contributed by atoms with Crippen LogP contribution in [0.4, 0.5) is 4.79 Å². The van der Waals surface area contributed by atoms with Crippen molar-refractivity contribution >= 4 is 17.9 Å². The van der Waals surface area contributed by atoms with Crippen LogP contribution in [0.25, 0.3) is 0 Å². The number of fused-ring (bicyclic) bond motifs is 1. The second-order valence-electron chi connectivity index (χ2n) is 6.58. The lowest BCUT2D eigenvalue weighted by molar-refractivity contribution is -0.151. The Morgan fingerprint density at radius 3 is 2.11 bits per heavy atom. The molecule has 0 atom stereocenters. The van der Waals surface area contributed by atoms with Gasteiger partial charge in [-0.15, -0.1) is 0 Å². The van der Waals surface area contributed by atoms with Gasteiger partial charge < -0.3 is 4.74 Å². The maximum atomic E-state index is 12.8. The number of hydrogen-bond donors (Lipinski definition) is 1. The monoisotopic (exact) mass is 378 g/mol. The van der Waals surface area contributed by atoms with E-state index < -0.39 is 23.6 Å². The maximum Gasteiger partial charge on any atom is 0.431 e. The van der Waals surface area contributed by atoms with Crippen molar-refractivity contribution in [3.63, 3.8) is 0 Å². The highest BCUT2D eigenvalue weighted by Crippen LogP contribution is 2.37. The average molecular weight is 378 g/mol. The molecule has 4 rings (SSSR count). The summed E-state index contributed by atoms with van der Waals surface area (Å²) >= 11 is 0. The molecule has 0 unspecified atom stereocenters. The first-order chi connectivity index (χ1) is 13.6. The van der Waals surface area contributed by atoms with E-state index >= 15 is 0 Å². The van der Waals surface area contributed by atoms with E-state index in [-0.39, 0.29) is 19.4 Å². The van der Waals surface area contributed by atoms with Gasteiger partial charge >= 0.3 is 6.09 Å². The Morgan fingerprint density at radius 2 is 1.50 bits per heavy atom. The fraction of sp³-hybridized carbons (Fsp3) is 0.190. The van der Waals surface area contributed by atoms with Crippen LogP contribution in [-0.4, -0.2) is 28.5 Å². The standard InChI is InChI=1S/C21H18N2O5/c24-18-16-10-4-5-11-17(16)19(25)23(18)21(12-6-7-13-21)28-22-20(26)27-14-15-8-2-1-3-9-15/h1-11H,12-14H2,(H,22,26). The zero-order valence-electron chi connectivity index (χ0n) is 15.0. The van der Waals surface area contributed by atoms with Crippen LogP contribution in [0, 0.1) is 0 Å². The number of nitrogens with zero attached hydrogens (tertiary/aromatic N) is 1. The van der Waals surface area contributed by atoms with Gasteiger partial charge in [0.15, 0.2) is 5.72 Å². The topological polar surface area (TPSA) is 84.9 Å². The Balaban J connectivity index is 1.45. The number of imide groups is 1. The molecule has 2 aliphatic rings. The van der Waals surface area contributed by atoms with Gasteiger partial charge in [0.1, 0.15) is 6.61 Å². The third-order valence-electron chi connectivity index (χ3n) is 4.78. The van der Waals surface area contributed by atoms with E-state index in [0.29, 0.717) is 11.1 Å². The summed E-state index contributed by atoms with van der Waals surface area (Å²) in [5, 5.41) is 0. The van der Waals surface area contributed by atoms with Crippen LogP contribution in [0.3, 0.4) is 0 Å². The van der Waals surface area contributed by atoms with Crippen molar-refractivity contribution in [3.8, 4) is 0 Å². The fourth-order valence-corrected chi connectivity index (χ4v) is 3.38. The molecule has 1 N–H and O–H groups in total. The van der Waals surface area contributed by atoms with Crippen molar-refractivity contribution < 1.29 is 24.0 Å². The molecule has 0 saturated carbocycles. The summed E-state index contributed by atoms with van der Waals surface area (Å²) in [6, 6.07) is 15.8. The van der Waals surface area contributed by atoms with Gasteiger partial charge in [-0.25, -0.2) is 14.5 Å². The van der Waals surface area contributed by atoms with Crippen molar-refractivity contribution in [1.82, 2.24) is 10.4 Å². The summed E-state index contributed by atoms with van der Waals surface area (Å²) in [6.45, 7) is 0.0777. The van der Waals surface area contributed by atoms with Crippen LogP contribution in [0.2, 0.25) is 0 Å². The molecular formula is C21H18N2O5. The lowest BCUT2D eigenvalue weighted by Gasteiger charge is -2.35. The number of hydroxylamine groups is 1. The van der Waals surface area contributed by atoms with Gasteiger partial charge in [0.2, 0.25) is 0 Å². The largest absolute Gasteiger partial charge is 0.443 e. The highest BCUT2D eigenvalue weighted by Gasteiger charge is 2.51. The second-order valence-corrected chi connectivity index (χ2v) is 6.58. The van der Waals surface area contributed by atoms with Gasteiger partial charge in [-0.2, -0.15) is 5.48 Å². The Kier molecular flexibility index (Phi) is 4.67. The first-order valence-corrected chi connectivity index (χ1v) is 8.88. The third-order valence-corrected chi connectivity index (χ3v) is 4.78. The number of nitrogens with one attached hydrogen (secondary N) is 1. The van der Waals surface area contributed by atoms with E-state index in [9.17, 15) is 14.4 Å². The van der Waals surface area contributed by atoms with Crippen molar-refractivity contribution in [1.29, 1.82) is 0 Å². The van der Waals surface area contributed by atoms with Gasteiger partial charge in [0.25, 0.3) is 11.8 Å². The van der Waals surface area contributed by atoms with Crippen LogP contribution in [-0.2, 0) is 16.2 Å². The summed E-state index contributed by atoms with van der Waals surface area (Å²) in [5.41, 5.74) is 2.41. The number of carbonyl (C=O) groups excluding carboxylic acids is 3. The average Bonchev–Trinajstić information content (AvgIpc) is 3.30. The van der Waals surface area contributed by atoms with Crippen LogP contribution < -0.4 is 5.48 Å². The van der Waals surface area contributed by atoms with E-state index in [1.807, 2.05) is 30.3 Å². The molecule has 1 aliphatic heterocycles. The molecule has 28 heavy (non-hydrogen) atoms. The normalized spacial score (nSPS) is 16.9. The number of carbonyl (C=O) groups is 3. The van der Waals surface area contributed by atoms with Crippen molar-refractivity contribution in [2.45, 2.75) is 25.2 Å². The quantitative estimate of drug-likeness (QED) is 0.491. The van der Waals surface area contributed by atoms with Crippen LogP contribution in [0.15, 0.2) is 66.7 Å². The Labute approximate surface area is 161 Å². The molecule has 142 valence electrons. The molecule has 2 aromatic carbocycles. The Morgan fingerprint density at radius 1 is 0.929 bits per heavy atom. The zero-order valence-corrected chi connectivity index (χ0v) is 15.0. The minimum atomic E-state index is -1.31. The molecule has 1 aliphatic carbocycles. The summed E-state index contributed by atoms with van der Waals surface area (Å²) in [4.78, 5) is 44.3. The molecule has 0 spiro atoms. The van der Waals surface area contributed by atoms with Crippen molar-refractivity contribution in [2.75, 3.05) is 0 Å². The number of hydrogen-bond acceptors (Lipinski definition) is 5. The zero-order chi connectivity index (χ0) is 19.6. The van der Waals surface area contributed by atoms with Gasteiger partial charge in [0, 0.05) is 12.8 Å². The maximum absolute atomic E-state index is 12.8. The molecule has 0 aromatic heterocycles. The minimum Gasteiger partial charge on any atom is -0.443 e. The predicted octanol–water partition coefficient (Wildman–Crippen LogP) is 3.19. The third kappa shape index (κ3) is 3.16. The summed E-state index contributed by atoms with van der Waals surface area (Å²) in [5.74, 6) is -0.882. The highest BCUT2D eigenvalue weighted by atomic mass is 16.7. The van der Waals surface area contributed by atoms with Crippen molar-refractivity contribution in [3.05, 3.63) is 83.4 Å². The molecule has 7 nitrogen and oxygen atoms in total. The van der Waals surface area contributed by atoms with E-state index in [1.165, 1.54) is 0 Å². The molecule has 3 amide bonds. The van der Waals surface area contributed by atoms with E-state index in [4.69, 9.17) is 9.57 Å². The summed E-state index contributed by atoms with van der Waals surface area (Å²) < 4.78 is 5.13. The van der Waals surface area contributed by atoms with Crippen LogP contribution in [0.1, 0.15) is 39.1 Å². The molecule has 0 fully saturated rings. The van der Waals surface area contributed by atoms with Gasteiger partial charge in [-0.05, 0) is 17.7 Å². The fourth-order valence-electron chi connectivity index (χ4n) is 3.38. The first kappa shape index (κ1) is 17.9. The SMILES string of the molecule is O=C(NOC1(N2C(=O)c3ccccc3C2=O)CC=CC1)OCc1ccccc1. The van der Waals surface area contributed by atoms with Crippen LogP contribution >= 0.6 is 0 Å². The Hall–Kier alpha value is -3.45. The molecule has 0 radical (unpaired) electrons. The molecule has 2 aromatic rings. The molecule has 1 heterocycles. The molecule has 7 heteroatoms. The number of ether oxygens (including phenoxy) is 1. The van der Waals surface area contributed by atoms with E-state index in [2.05, 4.69) is 5.48 Å². The molecular weight excluding hydrogens is 360 g/mol. The predicted molar refractivity (Wildman–Crippen MR) is 98.9 cm³/mol. The first-order valence-electron chi connectivity index (χ1n) is 8.88. The number of amides is 3. The number of benzene rings is 2. The van der Waals surface area contributed by atoms with Crippen molar-refractivity contribution in [2.24, 2.45) is 0 Å². The number of rotatable bonds is 5. The van der Waals surface area contributed by atoms with E-state index in [0.717, 1.165) is 10.5 Å². The smallest absolute Gasteiger partial charge is 0.431 e.